The maximum absolute atomic E-state index is 4.59. The first kappa shape index (κ1) is 44.1. The summed E-state index contributed by atoms with van der Waals surface area (Å²) < 4.78 is 4.36. The van der Waals surface area contributed by atoms with Gasteiger partial charge in [0, 0.05) is 40.5 Å². The molecule has 1 aliphatic carbocycles. The lowest BCUT2D eigenvalue weighted by molar-refractivity contribution is 0.693. The molecule has 1 heterocycles. The molecular formula is C54H60N2. The van der Waals surface area contributed by atoms with Gasteiger partial charge >= 0.3 is 0 Å². The Morgan fingerprint density at radius 2 is 1.23 bits per heavy atom. The van der Waals surface area contributed by atoms with Crippen LogP contribution >= 0.6 is 0 Å². The van der Waals surface area contributed by atoms with Gasteiger partial charge in [0.25, 0.3) is 0 Å². The van der Waals surface area contributed by atoms with Gasteiger partial charge in [0.15, 0.2) is 0 Å². The summed E-state index contributed by atoms with van der Waals surface area (Å²) >= 11 is 0. The molecular weight excluding hydrogens is 677 g/mol. The highest BCUT2D eigenvalue weighted by Crippen LogP contribution is 2.40. The Morgan fingerprint density at radius 3 is 1.88 bits per heavy atom. The van der Waals surface area contributed by atoms with Crippen molar-refractivity contribution in [3.8, 4) is 5.69 Å². The normalized spacial score (nSPS) is 12.0. The predicted molar refractivity (Wildman–Crippen MR) is 250 cm³/mol. The Labute approximate surface area is 337 Å². The second-order valence-corrected chi connectivity index (χ2v) is 12.8. The van der Waals surface area contributed by atoms with Crippen LogP contribution in [0.3, 0.4) is 0 Å². The Morgan fingerprint density at radius 1 is 0.661 bits per heavy atom. The minimum absolute atomic E-state index is 0.388. The highest BCUT2D eigenvalue weighted by molar-refractivity contribution is 5.84. The van der Waals surface area contributed by atoms with Crippen LogP contribution in [0.1, 0.15) is 82.1 Å². The van der Waals surface area contributed by atoms with E-state index in [-0.39, 0.29) is 5.41 Å². The maximum Gasteiger partial charge on any atom is 0.0786 e. The Balaban J connectivity index is 0.00000113. The van der Waals surface area contributed by atoms with Crippen molar-refractivity contribution in [1.29, 1.82) is 0 Å². The van der Waals surface area contributed by atoms with E-state index < -0.39 is 0 Å². The van der Waals surface area contributed by atoms with Gasteiger partial charge in [0.05, 0.1) is 11.4 Å². The molecule has 0 saturated carbocycles. The van der Waals surface area contributed by atoms with Gasteiger partial charge < -0.3 is 9.13 Å². The minimum atomic E-state index is -0.388. The molecule has 1 unspecified atom stereocenters. The van der Waals surface area contributed by atoms with Gasteiger partial charge in [-0.25, -0.2) is 0 Å². The van der Waals surface area contributed by atoms with Crippen molar-refractivity contribution >= 4 is 41.8 Å². The molecule has 0 radical (unpaired) electrons. The number of rotatable bonds is 7. The summed E-state index contributed by atoms with van der Waals surface area (Å²) in [4.78, 5) is 0. The zero-order valence-electron chi connectivity index (χ0n) is 34.9. The van der Waals surface area contributed by atoms with Crippen LogP contribution in [-0.4, -0.2) is 9.13 Å². The summed E-state index contributed by atoms with van der Waals surface area (Å²) in [6.07, 6.45) is 15.8. The number of hydrogen-bond acceptors (Lipinski definition) is 0. The molecule has 0 saturated heterocycles. The molecule has 2 nitrogen and oxygen atoms in total. The monoisotopic (exact) mass is 736 g/mol. The first-order chi connectivity index (χ1) is 27.3. The van der Waals surface area contributed by atoms with Crippen molar-refractivity contribution in [2.45, 2.75) is 60.8 Å². The van der Waals surface area contributed by atoms with Gasteiger partial charge in [-0.2, -0.15) is 0 Å². The standard InChI is InChI=1S/C47H42N2.C3H6.2C2H6/c1-7-17-43(18-8-2)48-32-15-14-19-35(3)36(4)33-37(5)49(46-25-16-24-45(46)48)44-30-28-41(29-31-44)47(6,40-22-10-9-11-23-40)42-27-26-38-20-12-13-21-39(38)34-42;1-3-2;2*1-2/h7-15,17-34H,1,3,5H2,2,4,6H3;3H,1H2,2H3;2*1-2H3/b18-8-,19-14?,32-15?,36-33?,43-17+;;;. The molecule has 0 amide bonds. The topological polar surface area (TPSA) is 9.86 Å². The van der Waals surface area contributed by atoms with E-state index in [1.807, 2.05) is 90.1 Å². The second kappa shape index (κ2) is 22.1. The second-order valence-electron chi connectivity index (χ2n) is 12.8. The molecule has 0 N–H and O–H groups in total. The molecule has 56 heavy (non-hydrogen) atoms. The number of fused-ring (bicyclic) bond motifs is 2. The van der Waals surface area contributed by atoms with Gasteiger partial charge in [0.2, 0.25) is 0 Å². The van der Waals surface area contributed by atoms with E-state index in [1.54, 1.807) is 6.08 Å². The number of aromatic nitrogens is 2. The molecule has 1 aromatic heterocycles. The molecule has 6 rings (SSSR count). The molecule has 5 aromatic rings. The molecule has 4 aromatic carbocycles. The van der Waals surface area contributed by atoms with Crippen molar-refractivity contribution in [3.05, 3.63) is 221 Å². The number of nitrogens with zero attached hydrogens (tertiary/aromatic N) is 2. The first-order valence-electron chi connectivity index (χ1n) is 19.6. The minimum Gasteiger partial charge on any atom is -0.315 e. The summed E-state index contributed by atoms with van der Waals surface area (Å²) in [6, 6.07) is 43.2. The Bertz CT molecular complexity index is 2440. The third kappa shape index (κ3) is 10.2. The molecule has 1 atom stereocenters. The fourth-order valence-corrected chi connectivity index (χ4v) is 6.55. The van der Waals surface area contributed by atoms with E-state index in [1.165, 1.54) is 27.5 Å². The van der Waals surface area contributed by atoms with Crippen LogP contribution in [0, 0.1) is 6.92 Å². The van der Waals surface area contributed by atoms with Crippen molar-refractivity contribution in [2.24, 2.45) is 0 Å². The highest BCUT2D eigenvalue weighted by Gasteiger charge is 2.31. The largest absolute Gasteiger partial charge is 0.315 e. The third-order valence-corrected chi connectivity index (χ3v) is 9.31. The van der Waals surface area contributed by atoms with E-state index >= 15 is 0 Å². The van der Waals surface area contributed by atoms with E-state index in [2.05, 4.69) is 170 Å². The Hall–Kier alpha value is -6.34. The molecule has 0 spiro atoms. The van der Waals surface area contributed by atoms with Crippen molar-refractivity contribution < 1.29 is 0 Å². The van der Waals surface area contributed by atoms with E-state index in [4.69, 9.17) is 0 Å². The molecule has 0 fully saturated rings. The number of aryl methyl sites for hydroxylation is 1. The Kier molecular flexibility index (Phi) is 17.4. The van der Waals surface area contributed by atoms with E-state index in [9.17, 15) is 0 Å². The molecule has 2 heteroatoms. The smallest absolute Gasteiger partial charge is 0.0786 e. The van der Waals surface area contributed by atoms with Gasteiger partial charge in [0.1, 0.15) is 0 Å². The molecule has 0 aliphatic heterocycles. The van der Waals surface area contributed by atoms with Gasteiger partial charge in [-0.05, 0) is 108 Å². The molecule has 0 bridgehead atoms. The van der Waals surface area contributed by atoms with Gasteiger partial charge in [-0.3, -0.25) is 0 Å². The van der Waals surface area contributed by atoms with Crippen LogP contribution in [0.5, 0.6) is 0 Å². The first-order valence-corrected chi connectivity index (χ1v) is 19.6. The van der Waals surface area contributed by atoms with Crippen LogP contribution in [0.2, 0.25) is 0 Å². The fourth-order valence-electron chi connectivity index (χ4n) is 6.55. The lowest BCUT2D eigenvalue weighted by Gasteiger charge is -2.32. The summed E-state index contributed by atoms with van der Waals surface area (Å²) in [6.45, 7) is 32.5. The van der Waals surface area contributed by atoms with Crippen LogP contribution in [0.4, 0.5) is 0 Å². The maximum atomic E-state index is 4.59. The van der Waals surface area contributed by atoms with Gasteiger partial charge in [-0.1, -0.05) is 157 Å². The fraction of sp³-hybridized carbons (Fsp3) is 0.167. The van der Waals surface area contributed by atoms with Crippen LogP contribution < -0.4 is 10.6 Å². The number of hydrogen-bond donors (Lipinski definition) is 0. The summed E-state index contributed by atoms with van der Waals surface area (Å²) in [7, 11) is 0. The zero-order valence-corrected chi connectivity index (χ0v) is 34.9. The van der Waals surface area contributed by atoms with Crippen LogP contribution in [0.25, 0.3) is 47.5 Å². The molecule has 286 valence electrons. The van der Waals surface area contributed by atoms with Crippen LogP contribution in [0.15, 0.2) is 177 Å². The lowest BCUT2D eigenvalue weighted by atomic mass is 9.71. The predicted octanol–water partition coefficient (Wildman–Crippen LogP) is 13.7. The van der Waals surface area contributed by atoms with E-state index in [0.717, 1.165) is 38.9 Å². The molecule has 1 aliphatic rings. The lowest BCUT2D eigenvalue weighted by Crippen LogP contribution is -2.25. The third-order valence-electron chi connectivity index (χ3n) is 9.31. The van der Waals surface area contributed by atoms with E-state index in [0.29, 0.717) is 0 Å². The van der Waals surface area contributed by atoms with Crippen molar-refractivity contribution in [2.75, 3.05) is 0 Å². The van der Waals surface area contributed by atoms with Crippen LogP contribution in [-0.2, 0) is 5.41 Å². The number of benzene rings is 4. The highest BCUT2D eigenvalue weighted by atomic mass is 15.0. The quantitative estimate of drug-likeness (QED) is 0.0668. The summed E-state index contributed by atoms with van der Waals surface area (Å²) in [5, 5.41) is 4.21. The summed E-state index contributed by atoms with van der Waals surface area (Å²) in [5.41, 5.74) is 11.6. The van der Waals surface area contributed by atoms with Gasteiger partial charge in [-0.15, -0.1) is 12.3 Å². The average molecular weight is 737 g/mol. The number of allylic oxidation sites excluding steroid dienone is 6. The zero-order chi connectivity index (χ0) is 41.1. The SMILES string of the molecule is C=C/C=C(\C=C/C)n1ccccc(=C)c(C)cc(=C)n(-c2ccc(C(C)(c3ccccc3)c3ccc4ccccc4c3)cc2)c2c1C=C=C2.C=CC.CC.CC. The summed E-state index contributed by atoms with van der Waals surface area (Å²) in [5.74, 6) is 0. The van der Waals surface area contributed by atoms with Crippen molar-refractivity contribution in [3.63, 3.8) is 0 Å². The van der Waals surface area contributed by atoms with Crippen molar-refractivity contribution in [1.82, 2.24) is 9.13 Å². The average Bonchev–Trinajstić information content (AvgIpc) is 3.71.